The van der Waals surface area contributed by atoms with Crippen molar-refractivity contribution in [1.29, 1.82) is 0 Å². The first-order valence-corrected chi connectivity index (χ1v) is 14.8. The molecule has 1 N–H and O–H groups in total. The van der Waals surface area contributed by atoms with Crippen molar-refractivity contribution in [2.45, 2.75) is 43.4 Å². The number of amides is 1. The normalized spacial score (nSPS) is 12.5. The molecule has 0 unspecified atom stereocenters. The molecular formula is C31H26ClF5N2O3S. The van der Waals surface area contributed by atoms with Crippen molar-refractivity contribution in [2.24, 2.45) is 0 Å². The lowest BCUT2D eigenvalue weighted by Gasteiger charge is -2.32. The van der Waals surface area contributed by atoms with Crippen LogP contribution in [0.15, 0.2) is 95.9 Å². The van der Waals surface area contributed by atoms with Gasteiger partial charge in [0.15, 0.2) is 0 Å². The Labute approximate surface area is 251 Å². The number of carbonyl (C=O) groups excluding carboxylic acids is 1. The number of rotatable bonds is 10. The van der Waals surface area contributed by atoms with Crippen LogP contribution in [0.3, 0.4) is 0 Å². The fraction of sp³-hybridized carbons (Fsp3) is 0.194. The third kappa shape index (κ3) is 7.71. The van der Waals surface area contributed by atoms with Crippen molar-refractivity contribution in [3.8, 4) is 0 Å². The Kier molecular flexibility index (Phi) is 9.76. The van der Waals surface area contributed by atoms with Gasteiger partial charge in [0.2, 0.25) is 5.91 Å². The predicted molar refractivity (Wildman–Crippen MR) is 154 cm³/mol. The maximum Gasteiger partial charge on any atom is 0.416 e. The van der Waals surface area contributed by atoms with E-state index in [0.717, 1.165) is 34.6 Å². The molecule has 0 fully saturated rings. The van der Waals surface area contributed by atoms with Crippen molar-refractivity contribution in [3.63, 3.8) is 0 Å². The number of anilines is 1. The zero-order valence-electron chi connectivity index (χ0n) is 22.7. The highest BCUT2D eigenvalue weighted by molar-refractivity contribution is 7.92. The molecule has 0 aromatic heterocycles. The average Bonchev–Trinajstić information content (AvgIpc) is 2.97. The summed E-state index contributed by atoms with van der Waals surface area (Å²) < 4.78 is 96.2. The molecule has 0 spiro atoms. The Morgan fingerprint density at radius 1 is 0.930 bits per heavy atom. The van der Waals surface area contributed by atoms with Crippen LogP contribution in [0.2, 0.25) is 5.02 Å². The summed E-state index contributed by atoms with van der Waals surface area (Å²) in [7, 11) is -4.44. The van der Waals surface area contributed by atoms with Gasteiger partial charge in [-0.2, -0.15) is 13.2 Å². The molecule has 4 rings (SSSR count). The van der Waals surface area contributed by atoms with Gasteiger partial charge in [0, 0.05) is 24.1 Å². The van der Waals surface area contributed by atoms with Gasteiger partial charge in [0.1, 0.15) is 11.6 Å². The zero-order chi connectivity index (χ0) is 31.4. The molecule has 5 nitrogen and oxygen atoms in total. The second-order valence-electron chi connectivity index (χ2n) is 9.70. The Balaban J connectivity index is 1.57. The maximum absolute atomic E-state index is 15.1. The summed E-state index contributed by atoms with van der Waals surface area (Å²) in [6.45, 7) is 1.54. The van der Waals surface area contributed by atoms with Crippen LogP contribution in [-0.4, -0.2) is 14.3 Å². The summed E-state index contributed by atoms with van der Waals surface area (Å²) >= 11 is 5.93. The number of alkyl halides is 3. The van der Waals surface area contributed by atoms with Crippen LogP contribution in [0.25, 0.3) is 0 Å². The molecule has 0 aliphatic rings. The van der Waals surface area contributed by atoms with Crippen LogP contribution in [0, 0.1) is 11.6 Å². The minimum Gasteiger partial charge on any atom is -0.352 e. The van der Waals surface area contributed by atoms with Gasteiger partial charge in [-0.1, -0.05) is 48.0 Å². The second kappa shape index (κ2) is 13.1. The Morgan fingerprint density at radius 3 is 2.23 bits per heavy atom. The van der Waals surface area contributed by atoms with Crippen LogP contribution in [0.5, 0.6) is 0 Å². The van der Waals surface area contributed by atoms with E-state index in [1.165, 1.54) is 43.3 Å². The van der Waals surface area contributed by atoms with Gasteiger partial charge < -0.3 is 5.32 Å². The SMILES string of the molecule is C[C@H](c1ccccc1CCC(=O)NCc1ccc(C(F)(F)F)cc1)N(c1cc(F)ccc1F)S(=O)(=O)c1ccc(Cl)cc1. The molecule has 1 atom stereocenters. The lowest BCUT2D eigenvalue weighted by Crippen LogP contribution is -2.35. The number of nitrogens with zero attached hydrogens (tertiary/aromatic N) is 1. The maximum atomic E-state index is 15.1. The van der Waals surface area contributed by atoms with Crippen LogP contribution in [0.4, 0.5) is 27.6 Å². The molecule has 0 aliphatic heterocycles. The number of benzene rings is 4. The van der Waals surface area contributed by atoms with Gasteiger partial charge in [-0.05, 0) is 78.6 Å². The quantitative estimate of drug-likeness (QED) is 0.180. The predicted octanol–water partition coefficient (Wildman–Crippen LogP) is 7.84. The molecule has 226 valence electrons. The van der Waals surface area contributed by atoms with E-state index in [1.807, 2.05) is 0 Å². The van der Waals surface area contributed by atoms with E-state index in [0.29, 0.717) is 16.7 Å². The van der Waals surface area contributed by atoms with E-state index in [9.17, 15) is 30.8 Å². The number of hydrogen-bond acceptors (Lipinski definition) is 3. The van der Waals surface area contributed by atoms with E-state index in [-0.39, 0.29) is 35.2 Å². The summed E-state index contributed by atoms with van der Waals surface area (Å²) in [6, 6.07) is 17.9. The molecule has 0 radical (unpaired) electrons. The largest absolute Gasteiger partial charge is 0.416 e. The minimum absolute atomic E-state index is 0.0149. The number of aryl methyl sites for hydroxylation is 1. The van der Waals surface area contributed by atoms with Gasteiger partial charge in [-0.25, -0.2) is 17.2 Å². The molecule has 0 aliphatic carbocycles. The van der Waals surface area contributed by atoms with Gasteiger partial charge in [-0.3, -0.25) is 9.10 Å². The van der Waals surface area contributed by atoms with Crippen molar-refractivity contribution >= 4 is 33.2 Å². The second-order valence-corrected chi connectivity index (χ2v) is 11.9. The first-order chi connectivity index (χ1) is 20.3. The van der Waals surface area contributed by atoms with Crippen molar-refractivity contribution in [1.82, 2.24) is 5.32 Å². The van der Waals surface area contributed by atoms with E-state index in [1.54, 1.807) is 24.3 Å². The summed E-state index contributed by atoms with van der Waals surface area (Å²) in [5, 5.41) is 2.95. The standard InChI is InChI=1S/C31H26ClF5N2O3S/c1-20(39(29-18-25(33)13-16-28(29)34)43(41,42)26-14-11-24(32)12-15-26)27-5-3-2-4-22(27)8-17-30(40)38-19-21-6-9-23(10-7-21)31(35,36)37/h2-7,9-16,18,20H,8,17,19H2,1H3,(H,38,40)/t20-/m1/s1. The Morgan fingerprint density at radius 2 is 1.58 bits per heavy atom. The topological polar surface area (TPSA) is 66.5 Å². The first kappa shape index (κ1) is 32.0. The highest BCUT2D eigenvalue weighted by Gasteiger charge is 2.34. The minimum atomic E-state index is -4.46. The molecule has 1 amide bonds. The van der Waals surface area contributed by atoms with E-state index < -0.39 is 45.1 Å². The molecular weight excluding hydrogens is 611 g/mol. The molecule has 0 saturated carbocycles. The highest BCUT2D eigenvalue weighted by Crippen LogP contribution is 2.37. The number of sulfonamides is 1. The third-order valence-corrected chi connectivity index (χ3v) is 8.92. The van der Waals surface area contributed by atoms with Gasteiger partial charge in [0.25, 0.3) is 10.0 Å². The first-order valence-electron chi connectivity index (χ1n) is 13.0. The number of carbonyl (C=O) groups is 1. The molecule has 12 heteroatoms. The number of hydrogen-bond donors (Lipinski definition) is 1. The number of nitrogens with one attached hydrogen (secondary N) is 1. The summed E-state index contributed by atoms with van der Waals surface area (Å²) in [5.41, 5.74) is 0.243. The lowest BCUT2D eigenvalue weighted by atomic mass is 9.97. The number of halogens is 6. The van der Waals surface area contributed by atoms with Gasteiger partial charge in [0.05, 0.1) is 22.2 Å². The summed E-state index contributed by atoms with van der Waals surface area (Å²) in [5.74, 6) is -2.17. The van der Waals surface area contributed by atoms with Crippen molar-refractivity contribution in [2.75, 3.05) is 4.31 Å². The highest BCUT2D eigenvalue weighted by atomic mass is 35.5. The summed E-state index contributed by atoms with van der Waals surface area (Å²) in [4.78, 5) is 12.4. The molecule has 0 saturated heterocycles. The molecule has 43 heavy (non-hydrogen) atoms. The van der Waals surface area contributed by atoms with Crippen LogP contribution < -0.4 is 9.62 Å². The Bertz CT molecular complexity index is 1700. The van der Waals surface area contributed by atoms with Crippen LogP contribution in [-0.2, 0) is 34.0 Å². The fourth-order valence-corrected chi connectivity index (χ4v) is 6.33. The van der Waals surface area contributed by atoms with Crippen LogP contribution in [0.1, 0.15) is 41.6 Å². The van der Waals surface area contributed by atoms with E-state index >= 15 is 4.39 Å². The molecule has 4 aromatic carbocycles. The third-order valence-electron chi connectivity index (χ3n) is 6.77. The zero-order valence-corrected chi connectivity index (χ0v) is 24.3. The van der Waals surface area contributed by atoms with Gasteiger partial charge in [-0.15, -0.1) is 0 Å². The van der Waals surface area contributed by atoms with Crippen LogP contribution >= 0.6 is 11.6 Å². The lowest BCUT2D eigenvalue weighted by molar-refractivity contribution is -0.137. The monoisotopic (exact) mass is 636 g/mol. The van der Waals surface area contributed by atoms with E-state index in [4.69, 9.17) is 11.6 Å². The molecule has 0 heterocycles. The van der Waals surface area contributed by atoms with E-state index in [2.05, 4.69) is 5.32 Å². The van der Waals surface area contributed by atoms with Crippen molar-refractivity contribution in [3.05, 3.63) is 130 Å². The smallest absolute Gasteiger partial charge is 0.352 e. The fourth-order valence-electron chi connectivity index (χ4n) is 4.57. The molecule has 4 aromatic rings. The summed E-state index contributed by atoms with van der Waals surface area (Å²) in [6.07, 6.45) is -4.32. The van der Waals surface area contributed by atoms with Crippen molar-refractivity contribution < 1.29 is 35.2 Å². The Hall–Kier alpha value is -3.96. The molecule has 0 bridgehead atoms. The average molecular weight is 637 g/mol. The van der Waals surface area contributed by atoms with Gasteiger partial charge >= 0.3 is 6.18 Å².